The number of rotatable bonds is 9. The first-order chi connectivity index (χ1) is 14.5. The molecule has 2 aromatic carbocycles. The maximum Gasteiger partial charge on any atom is 0.267 e. The van der Waals surface area contributed by atoms with Gasteiger partial charge in [0.05, 0.1) is 31.5 Å². The van der Waals surface area contributed by atoms with Crippen molar-refractivity contribution in [1.82, 2.24) is 0 Å². The van der Waals surface area contributed by atoms with E-state index in [1.807, 2.05) is 24.3 Å². The fourth-order valence-corrected chi connectivity index (χ4v) is 3.81. The van der Waals surface area contributed by atoms with Gasteiger partial charge in [0.25, 0.3) is 6.43 Å². The predicted octanol–water partition coefficient (Wildman–Crippen LogP) is 6.98. The average Bonchev–Trinajstić information content (AvgIpc) is 2.76. The van der Waals surface area contributed by atoms with E-state index < -0.39 is 17.8 Å². The molecule has 0 aromatic heterocycles. The van der Waals surface area contributed by atoms with Crippen LogP contribution in [0.2, 0.25) is 0 Å². The monoisotopic (exact) mass is 422 g/mol. The maximum atomic E-state index is 14.6. The normalized spacial score (nSPS) is 19.1. The first-order valence-corrected chi connectivity index (χ1v) is 10.6. The van der Waals surface area contributed by atoms with Crippen molar-refractivity contribution in [3.63, 3.8) is 0 Å². The Labute approximate surface area is 176 Å². The van der Waals surface area contributed by atoms with Crippen LogP contribution in [0.25, 0.3) is 0 Å². The molecule has 0 aliphatic carbocycles. The van der Waals surface area contributed by atoms with E-state index in [4.69, 9.17) is 14.2 Å². The molecule has 2 aromatic rings. The summed E-state index contributed by atoms with van der Waals surface area (Å²) in [5.41, 5.74) is 0.772. The zero-order valence-electron chi connectivity index (χ0n) is 17.5. The second kappa shape index (κ2) is 10.7. The van der Waals surface area contributed by atoms with E-state index in [-0.39, 0.29) is 31.0 Å². The molecule has 164 valence electrons. The van der Waals surface area contributed by atoms with Gasteiger partial charge in [0, 0.05) is 5.92 Å². The predicted molar refractivity (Wildman–Crippen MR) is 110 cm³/mol. The number of benzene rings is 2. The Morgan fingerprint density at radius 2 is 1.80 bits per heavy atom. The molecular formula is C24H29F3O3. The fraction of sp³-hybridized carbons (Fsp3) is 0.500. The molecule has 2 atom stereocenters. The standard InChI is InChI=1S/C24H29F3O3/c1-3-5-14-29-18-9-6-16(7-10-18)20-12-8-17(15-30-20)19-11-13-21(28-4-2)23(25)22(19)24(26)27/h6-7,9-11,13,17,20,24H,3-5,8,12,14-15H2,1-2H3. The van der Waals surface area contributed by atoms with Crippen LogP contribution in [0, 0.1) is 5.82 Å². The van der Waals surface area contributed by atoms with Gasteiger partial charge in [-0.25, -0.2) is 13.2 Å². The molecule has 2 unspecified atom stereocenters. The summed E-state index contributed by atoms with van der Waals surface area (Å²) in [5, 5.41) is 0. The highest BCUT2D eigenvalue weighted by Gasteiger charge is 2.30. The Kier molecular flexibility index (Phi) is 8.02. The van der Waals surface area contributed by atoms with E-state index in [0.717, 1.165) is 24.2 Å². The summed E-state index contributed by atoms with van der Waals surface area (Å²) >= 11 is 0. The molecule has 0 amide bonds. The highest BCUT2D eigenvalue weighted by Crippen LogP contribution is 2.41. The fourth-order valence-electron chi connectivity index (χ4n) is 3.81. The molecule has 1 aliphatic heterocycles. The lowest BCUT2D eigenvalue weighted by Crippen LogP contribution is -2.21. The van der Waals surface area contributed by atoms with Crippen molar-refractivity contribution in [3.05, 3.63) is 58.9 Å². The molecular weight excluding hydrogens is 393 g/mol. The minimum atomic E-state index is -2.90. The summed E-state index contributed by atoms with van der Waals surface area (Å²) in [6, 6.07) is 10.8. The molecule has 0 saturated carbocycles. The van der Waals surface area contributed by atoms with E-state index in [1.165, 1.54) is 6.07 Å². The van der Waals surface area contributed by atoms with Crippen molar-refractivity contribution in [3.8, 4) is 11.5 Å². The number of unbranched alkanes of at least 4 members (excludes halogenated alkanes) is 1. The van der Waals surface area contributed by atoms with Crippen LogP contribution in [0.15, 0.2) is 36.4 Å². The third-order valence-corrected chi connectivity index (χ3v) is 5.43. The van der Waals surface area contributed by atoms with Crippen LogP contribution >= 0.6 is 0 Å². The summed E-state index contributed by atoms with van der Waals surface area (Å²) in [7, 11) is 0. The maximum absolute atomic E-state index is 14.6. The molecule has 6 heteroatoms. The molecule has 30 heavy (non-hydrogen) atoms. The Morgan fingerprint density at radius 3 is 2.40 bits per heavy atom. The molecule has 0 N–H and O–H groups in total. The molecule has 0 spiro atoms. The van der Waals surface area contributed by atoms with Crippen LogP contribution in [0.3, 0.4) is 0 Å². The highest BCUT2D eigenvalue weighted by atomic mass is 19.3. The van der Waals surface area contributed by atoms with Crippen LogP contribution in [0.1, 0.15) is 74.7 Å². The number of hydrogen-bond acceptors (Lipinski definition) is 3. The van der Waals surface area contributed by atoms with Gasteiger partial charge < -0.3 is 14.2 Å². The minimum absolute atomic E-state index is 0.103. The van der Waals surface area contributed by atoms with Crippen molar-refractivity contribution in [1.29, 1.82) is 0 Å². The number of alkyl halides is 2. The summed E-state index contributed by atoms with van der Waals surface area (Å²) in [4.78, 5) is 0. The van der Waals surface area contributed by atoms with Gasteiger partial charge in [-0.05, 0) is 55.5 Å². The van der Waals surface area contributed by atoms with E-state index in [1.54, 1.807) is 13.0 Å². The minimum Gasteiger partial charge on any atom is -0.494 e. The first kappa shape index (κ1) is 22.5. The van der Waals surface area contributed by atoms with Gasteiger partial charge in [-0.2, -0.15) is 0 Å². The molecule has 3 nitrogen and oxygen atoms in total. The quantitative estimate of drug-likeness (QED) is 0.408. The SMILES string of the molecule is CCCCOc1ccc(C2CCC(c3ccc(OCC)c(F)c3C(F)F)CO2)cc1. The number of halogens is 3. The van der Waals surface area contributed by atoms with Gasteiger partial charge in [-0.15, -0.1) is 0 Å². The largest absolute Gasteiger partial charge is 0.494 e. The molecule has 1 aliphatic rings. The van der Waals surface area contributed by atoms with Crippen molar-refractivity contribution in [2.45, 2.75) is 58.0 Å². The average molecular weight is 422 g/mol. The lowest BCUT2D eigenvalue weighted by molar-refractivity contribution is 0.00146. The topological polar surface area (TPSA) is 27.7 Å². The Balaban J connectivity index is 1.66. The van der Waals surface area contributed by atoms with Crippen molar-refractivity contribution < 1.29 is 27.4 Å². The third-order valence-electron chi connectivity index (χ3n) is 5.43. The summed E-state index contributed by atoms with van der Waals surface area (Å²) in [5.74, 6) is -0.545. The van der Waals surface area contributed by atoms with E-state index in [9.17, 15) is 13.2 Å². The molecule has 1 saturated heterocycles. The van der Waals surface area contributed by atoms with Crippen molar-refractivity contribution >= 4 is 0 Å². The number of ether oxygens (including phenoxy) is 3. The van der Waals surface area contributed by atoms with Crippen LogP contribution in [0.5, 0.6) is 11.5 Å². The molecule has 0 bridgehead atoms. The molecule has 1 heterocycles. The highest BCUT2D eigenvalue weighted by molar-refractivity contribution is 5.41. The Morgan fingerprint density at radius 1 is 1.03 bits per heavy atom. The van der Waals surface area contributed by atoms with Gasteiger partial charge in [0.1, 0.15) is 5.75 Å². The van der Waals surface area contributed by atoms with Gasteiger partial charge >= 0.3 is 0 Å². The zero-order chi connectivity index (χ0) is 21.5. The first-order valence-electron chi connectivity index (χ1n) is 10.6. The van der Waals surface area contributed by atoms with Crippen LogP contribution in [-0.4, -0.2) is 19.8 Å². The lowest BCUT2D eigenvalue weighted by Gasteiger charge is -2.31. The lowest BCUT2D eigenvalue weighted by atomic mass is 9.86. The molecule has 1 fully saturated rings. The van der Waals surface area contributed by atoms with Gasteiger partial charge in [-0.3, -0.25) is 0 Å². The van der Waals surface area contributed by atoms with Crippen molar-refractivity contribution in [2.75, 3.05) is 19.8 Å². The van der Waals surface area contributed by atoms with Crippen LogP contribution in [0.4, 0.5) is 13.2 Å². The summed E-state index contributed by atoms with van der Waals surface area (Å²) < 4.78 is 58.6. The summed E-state index contributed by atoms with van der Waals surface area (Å²) in [6.07, 6.45) is 0.416. The van der Waals surface area contributed by atoms with E-state index >= 15 is 0 Å². The van der Waals surface area contributed by atoms with Crippen LogP contribution < -0.4 is 9.47 Å². The Bertz CT molecular complexity index is 800. The molecule has 3 rings (SSSR count). The second-order valence-electron chi connectivity index (χ2n) is 7.48. The van der Waals surface area contributed by atoms with Gasteiger partial charge in [-0.1, -0.05) is 31.5 Å². The van der Waals surface area contributed by atoms with Gasteiger partial charge in [0.15, 0.2) is 11.6 Å². The second-order valence-corrected chi connectivity index (χ2v) is 7.48. The molecule has 0 radical (unpaired) electrons. The zero-order valence-corrected chi connectivity index (χ0v) is 17.5. The third kappa shape index (κ3) is 5.28. The summed E-state index contributed by atoms with van der Waals surface area (Å²) in [6.45, 7) is 4.99. The van der Waals surface area contributed by atoms with E-state index in [0.29, 0.717) is 25.0 Å². The van der Waals surface area contributed by atoms with E-state index in [2.05, 4.69) is 6.92 Å². The smallest absolute Gasteiger partial charge is 0.267 e. The van der Waals surface area contributed by atoms with Crippen molar-refractivity contribution in [2.24, 2.45) is 0 Å². The van der Waals surface area contributed by atoms with Crippen LogP contribution in [-0.2, 0) is 4.74 Å². The van der Waals surface area contributed by atoms with Gasteiger partial charge in [0.2, 0.25) is 0 Å². The number of hydrogen-bond donors (Lipinski definition) is 0. The Hall–Kier alpha value is -2.21.